The van der Waals surface area contributed by atoms with Gasteiger partial charge in [0, 0.05) is 6.16 Å². The first-order valence-electron chi connectivity index (χ1n) is 9.15. The van der Waals surface area contributed by atoms with E-state index in [4.69, 9.17) is 4.74 Å². The van der Waals surface area contributed by atoms with Crippen LogP contribution in [-0.4, -0.2) is 12.8 Å². The van der Waals surface area contributed by atoms with E-state index in [9.17, 15) is 0 Å². The van der Waals surface area contributed by atoms with E-state index in [-0.39, 0.29) is 0 Å². The van der Waals surface area contributed by atoms with Crippen molar-refractivity contribution in [3.05, 3.63) is 89.0 Å². The zero-order valence-electron chi connectivity index (χ0n) is 16.1. The molecule has 0 spiro atoms. The van der Waals surface area contributed by atoms with Crippen LogP contribution < -0.4 is 15.3 Å². The lowest BCUT2D eigenvalue weighted by Crippen LogP contribution is -2.17. The van der Waals surface area contributed by atoms with Gasteiger partial charge in [0.2, 0.25) is 0 Å². The highest BCUT2D eigenvalue weighted by atomic mass is 31.1. The minimum Gasteiger partial charge on any atom is -0.493 e. The minimum atomic E-state index is -0.407. The van der Waals surface area contributed by atoms with Crippen LogP contribution in [0.2, 0.25) is 0 Å². The lowest BCUT2D eigenvalue weighted by Gasteiger charge is -2.21. The van der Waals surface area contributed by atoms with Crippen molar-refractivity contribution in [3.8, 4) is 5.75 Å². The topological polar surface area (TPSA) is 9.23 Å². The molecule has 134 valence electrons. The molecule has 0 heterocycles. The third-order valence-corrected chi connectivity index (χ3v) is 7.47. The molecule has 0 bridgehead atoms. The molecule has 0 radical (unpaired) electrons. The van der Waals surface area contributed by atoms with Gasteiger partial charge in [0.15, 0.2) is 0 Å². The van der Waals surface area contributed by atoms with E-state index >= 15 is 0 Å². The van der Waals surface area contributed by atoms with Gasteiger partial charge in [0.05, 0.1) is 6.61 Å². The summed E-state index contributed by atoms with van der Waals surface area (Å²) >= 11 is 0. The van der Waals surface area contributed by atoms with Crippen molar-refractivity contribution >= 4 is 18.5 Å². The summed E-state index contributed by atoms with van der Waals surface area (Å²) in [6.07, 6.45) is 1.02. The minimum absolute atomic E-state index is 0.407. The predicted octanol–water partition coefficient (Wildman–Crippen LogP) is 5.43. The summed E-state index contributed by atoms with van der Waals surface area (Å²) in [5, 5.41) is 2.82. The molecular weight excluding hydrogens is 335 g/mol. The molecule has 0 fully saturated rings. The maximum Gasteiger partial charge on any atom is 0.125 e. The molecule has 0 saturated carbocycles. The van der Waals surface area contributed by atoms with E-state index < -0.39 is 7.92 Å². The molecule has 26 heavy (non-hydrogen) atoms. The Kier molecular flexibility index (Phi) is 6.12. The quantitative estimate of drug-likeness (QED) is 0.531. The number of hydrogen-bond donors (Lipinski definition) is 0. The third kappa shape index (κ3) is 4.17. The molecule has 1 nitrogen and oxygen atoms in total. The number of benzene rings is 3. The Morgan fingerprint density at radius 3 is 1.62 bits per heavy atom. The molecule has 3 aromatic carbocycles. The van der Waals surface area contributed by atoms with Gasteiger partial charge in [-0.2, -0.15) is 0 Å². The molecule has 0 atom stereocenters. The Hall–Kier alpha value is -2.11. The van der Waals surface area contributed by atoms with Gasteiger partial charge in [-0.25, -0.2) is 0 Å². The Bertz CT molecular complexity index is 791. The van der Waals surface area contributed by atoms with Crippen molar-refractivity contribution in [1.29, 1.82) is 0 Å². The largest absolute Gasteiger partial charge is 0.493 e. The highest BCUT2D eigenvalue weighted by Gasteiger charge is 2.15. The lowest BCUT2D eigenvalue weighted by molar-refractivity contribution is 0.338. The summed E-state index contributed by atoms with van der Waals surface area (Å²) < 4.78 is 6.32. The van der Waals surface area contributed by atoms with Crippen LogP contribution >= 0.6 is 7.92 Å². The van der Waals surface area contributed by atoms with Crippen molar-refractivity contribution in [2.24, 2.45) is 0 Å². The number of ether oxygens (including phenoxy) is 1. The first-order chi connectivity index (χ1) is 12.6. The van der Waals surface area contributed by atoms with Crippen molar-refractivity contribution in [3.63, 3.8) is 0 Å². The SMILES string of the molecule is Cc1cc(C)c(C)c(OCCP(c2ccccc2)c2ccccc2)c1C. The molecule has 0 aliphatic carbocycles. The zero-order chi connectivity index (χ0) is 18.5. The van der Waals surface area contributed by atoms with Gasteiger partial charge in [-0.1, -0.05) is 66.7 Å². The van der Waals surface area contributed by atoms with Crippen LogP contribution in [0.4, 0.5) is 0 Å². The normalized spacial score (nSPS) is 11.0. The fourth-order valence-electron chi connectivity index (χ4n) is 3.26. The molecular formula is C24H27OP. The summed E-state index contributed by atoms with van der Waals surface area (Å²) in [4.78, 5) is 0. The molecule has 0 aliphatic rings. The Morgan fingerprint density at radius 1 is 0.692 bits per heavy atom. The van der Waals surface area contributed by atoms with Gasteiger partial charge in [0.25, 0.3) is 0 Å². The van der Waals surface area contributed by atoms with E-state index in [2.05, 4.69) is 94.4 Å². The summed E-state index contributed by atoms with van der Waals surface area (Å²) in [5.74, 6) is 1.07. The molecule has 0 aromatic heterocycles. The smallest absolute Gasteiger partial charge is 0.125 e. The third-order valence-electron chi connectivity index (χ3n) is 4.99. The van der Waals surface area contributed by atoms with Crippen molar-refractivity contribution in [1.82, 2.24) is 0 Å². The standard InChI is InChI=1S/C24H27OP/c1-18-17-19(2)21(4)24(20(18)3)25-15-16-26(22-11-7-5-8-12-22)23-13-9-6-10-14-23/h5-14,17H,15-16H2,1-4H3. The van der Waals surface area contributed by atoms with Crippen LogP contribution in [0.3, 0.4) is 0 Å². The number of aryl methyl sites for hydroxylation is 2. The van der Waals surface area contributed by atoms with E-state index in [1.165, 1.54) is 32.9 Å². The molecule has 0 saturated heterocycles. The fourth-order valence-corrected chi connectivity index (χ4v) is 5.41. The molecule has 0 aliphatic heterocycles. The van der Waals surface area contributed by atoms with Crippen LogP contribution in [0.1, 0.15) is 22.3 Å². The molecule has 0 N–H and O–H groups in total. The maximum absolute atomic E-state index is 6.32. The van der Waals surface area contributed by atoms with E-state index in [1.807, 2.05) is 0 Å². The molecule has 3 aromatic rings. The second-order valence-electron chi connectivity index (χ2n) is 6.76. The highest BCUT2D eigenvalue weighted by molar-refractivity contribution is 7.73. The van der Waals surface area contributed by atoms with Gasteiger partial charge < -0.3 is 4.74 Å². The van der Waals surface area contributed by atoms with Crippen LogP contribution in [0.15, 0.2) is 66.7 Å². The van der Waals surface area contributed by atoms with Gasteiger partial charge in [-0.15, -0.1) is 0 Å². The molecule has 2 heteroatoms. The lowest BCUT2D eigenvalue weighted by atomic mass is 10.0. The number of rotatable bonds is 6. The Labute approximate surface area is 158 Å². The monoisotopic (exact) mass is 362 g/mol. The summed E-state index contributed by atoms with van der Waals surface area (Å²) in [6, 6.07) is 23.9. The van der Waals surface area contributed by atoms with E-state index in [0.717, 1.165) is 18.5 Å². The average Bonchev–Trinajstić information content (AvgIpc) is 2.67. The van der Waals surface area contributed by atoms with E-state index in [0.29, 0.717) is 0 Å². The van der Waals surface area contributed by atoms with Gasteiger partial charge in [-0.3, -0.25) is 0 Å². The number of hydrogen-bond acceptors (Lipinski definition) is 1. The molecule has 0 amide bonds. The summed E-state index contributed by atoms with van der Waals surface area (Å²) in [7, 11) is -0.407. The Morgan fingerprint density at radius 2 is 1.15 bits per heavy atom. The highest BCUT2D eigenvalue weighted by Crippen LogP contribution is 2.34. The van der Waals surface area contributed by atoms with E-state index in [1.54, 1.807) is 0 Å². The van der Waals surface area contributed by atoms with Gasteiger partial charge >= 0.3 is 0 Å². The summed E-state index contributed by atoms with van der Waals surface area (Å²) in [5.41, 5.74) is 5.13. The predicted molar refractivity (Wildman–Crippen MR) is 115 cm³/mol. The van der Waals surface area contributed by atoms with Crippen LogP contribution in [0.25, 0.3) is 0 Å². The second-order valence-corrected chi connectivity index (χ2v) is 9.10. The van der Waals surface area contributed by atoms with Crippen LogP contribution in [0, 0.1) is 27.7 Å². The van der Waals surface area contributed by atoms with Crippen molar-refractivity contribution in [2.75, 3.05) is 12.8 Å². The van der Waals surface area contributed by atoms with Gasteiger partial charge in [0.1, 0.15) is 5.75 Å². The first-order valence-corrected chi connectivity index (χ1v) is 10.7. The second kappa shape index (κ2) is 8.52. The van der Waals surface area contributed by atoms with Crippen LogP contribution in [0.5, 0.6) is 5.75 Å². The fraction of sp³-hybridized carbons (Fsp3) is 0.250. The molecule has 3 rings (SSSR count). The van der Waals surface area contributed by atoms with Crippen LogP contribution in [-0.2, 0) is 0 Å². The first kappa shape index (κ1) is 18.7. The Balaban J connectivity index is 1.80. The van der Waals surface area contributed by atoms with Crippen molar-refractivity contribution < 1.29 is 4.74 Å². The maximum atomic E-state index is 6.32. The molecule has 0 unspecified atom stereocenters. The van der Waals surface area contributed by atoms with Gasteiger partial charge in [-0.05, 0) is 68.5 Å². The zero-order valence-corrected chi connectivity index (χ0v) is 17.0. The average molecular weight is 362 g/mol. The van der Waals surface area contributed by atoms with Crippen molar-refractivity contribution in [2.45, 2.75) is 27.7 Å². The summed E-state index contributed by atoms with van der Waals surface area (Å²) in [6.45, 7) is 9.38.